The van der Waals surface area contributed by atoms with Crippen molar-refractivity contribution in [1.29, 1.82) is 0 Å². The number of aromatic nitrogens is 2. The van der Waals surface area contributed by atoms with Gasteiger partial charge in [-0.15, -0.1) is 0 Å². The van der Waals surface area contributed by atoms with Gasteiger partial charge in [-0.1, -0.05) is 48.5 Å². The van der Waals surface area contributed by atoms with Crippen LogP contribution in [0.4, 0.5) is 11.4 Å². The number of pyridine rings is 2. The van der Waals surface area contributed by atoms with E-state index in [2.05, 4.69) is 41.9 Å². The van der Waals surface area contributed by atoms with Gasteiger partial charge in [0.2, 0.25) is 0 Å². The summed E-state index contributed by atoms with van der Waals surface area (Å²) in [6.45, 7) is 2.21. The molecule has 18 heteroatoms. The average Bonchev–Trinajstić information content (AvgIpc) is 3.34. The monoisotopic (exact) mass is 886 g/mol. The zero-order valence-corrected chi connectivity index (χ0v) is 35.3. The Morgan fingerprint density at radius 2 is 0.985 bits per heavy atom. The van der Waals surface area contributed by atoms with Crippen molar-refractivity contribution in [3.8, 4) is 0 Å². The Balaban J connectivity index is 0.899. The molecule has 2 aromatic heterocycles. The van der Waals surface area contributed by atoms with Crippen molar-refractivity contribution in [2.24, 2.45) is 0 Å². The molecule has 0 aliphatic carbocycles. The predicted molar refractivity (Wildman–Crippen MR) is 247 cm³/mol. The lowest BCUT2D eigenvalue weighted by molar-refractivity contribution is -0.385. The number of rotatable bonds is 18. The van der Waals surface area contributed by atoms with Gasteiger partial charge in [-0.25, -0.2) is 4.90 Å². The number of nitro groups is 1. The van der Waals surface area contributed by atoms with Crippen LogP contribution in [0.25, 0.3) is 32.6 Å². The number of hydrogen-bond donors (Lipinski definition) is 6. The fourth-order valence-electron chi connectivity index (χ4n) is 7.58. The van der Waals surface area contributed by atoms with E-state index in [9.17, 15) is 38.9 Å². The lowest BCUT2D eigenvalue weighted by atomic mass is 9.92. The molecule has 0 atom stereocenters. The van der Waals surface area contributed by atoms with Crippen LogP contribution in [0.2, 0.25) is 0 Å². The molecule has 332 valence electrons. The third-order valence-electron chi connectivity index (χ3n) is 10.8. The average molecular weight is 887 g/mol. The molecule has 18 nitrogen and oxygen atoms in total. The summed E-state index contributed by atoms with van der Waals surface area (Å²) in [6, 6.07) is 29.7. The Bertz CT molecular complexity index is 2950. The first kappa shape index (κ1) is 44.1. The van der Waals surface area contributed by atoms with Crippen LogP contribution in [-0.4, -0.2) is 103 Å². The standard InChI is InChI=1S/C48H42N10O8/c59-43(51-18-14-49-16-20-53-45(61)34-22-30-6-1-3-10-38(30)55-27-34)32-24-33(44(60)52-19-15-50-17-21-54-46(62)35-23-31-7-2-4-11-39(31)56-28-35)26-36(25-32)57-47(63)37-9-5-8-29-12-13-40(58(65)66)42(41(29)37)48(57)64/h1-13,22-28,49-50H,14-21H2,(H,51,59)(H,52,60)(H,53,61)(H,54,62). The Kier molecular flexibility index (Phi) is 13.3. The van der Waals surface area contributed by atoms with Gasteiger partial charge in [0, 0.05) is 104 Å². The number of anilines is 1. The van der Waals surface area contributed by atoms with Gasteiger partial charge >= 0.3 is 0 Å². The quantitative estimate of drug-likeness (QED) is 0.0308. The number of carbonyl (C=O) groups is 6. The van der Waals surface area contributed by atoms with Crippen molar-refractivity contribution < 1.29 is 33.7 Å². The molecule has 6 amide bonds. The number of nitro benzene ring substituents is 1. The minimum absolute atomic E-state index is 0.0408. The van der Waals surface area contributed by atoms with Crippen molar-refractivity contribution in [2.75, 3.05) is 57.3 Å². The van der Waals surface area contributed by atoms with Crippen molar-refractivity contribution >= 4 is 79.4 Å². The fourth-order valence-corrected chi connectivity index (χ4v) is 7.58. The third-order valence-corrected chi connectivity index (χ3v) is 10.8. The molecule has 0 spiro atoms. The second kappa shape index (κ2) is 19.9. The van der Waals surface area contributed by atoms with Gasteiger partial charge in [0.1, 0.15) is 5.56 Å². The summed E-state index contributed by atoms with van der Waals surface area (Å²) >= 11 is 0. The number of benzene rings is 5. The molecule has 5 aromatic carbocycles. The number of hydrogen-bond acceptors (Lipinski definition) is 12. The molecule has 7 aromatic rings. The van der Waals surface area contributed by atoms with Crippen LogP contribution in [0, 0.1) is 10.1 Å². The van der Waals surface area contributed by atoms with E-state index < -0.39 is 34.2 Å². The maximum atomic E-state index is 14.2. The fraction of sp³-hybridized carbons (Fsp3) is 0.167. The van der Waals surface area contributed by atoms with Crippen LogP contribution in [0.3, 0.4) is 0 Å². The van der Waals surface area contributed by atoms with E-state index in [0.717, 1.165) is 26.7 Å². The topological polar surface area (TPSA) is 247 Å². The first-order chi connectivity index (χ1) is 32.1. The van der Waals surface area contributed by atoms with Crippen molar-refractivity contribution in [1.82, 2.24) is 41.9 Å². The lowest BCUT2D eigenvalue weighted by Crippen LogP contribution is -2.41. The van der Waals surface area contributed by atoms with E-state index >= 15 is 0 Å². The molecule has 0 fully saturated rings. The summed E-state index contributed by atoms with van der Waals surface area (Å²) in [6.07, 6.45) is 3.03. The number of nitrogens with zero attached hydrogens (tertiary/aromatic N) is 4. The third kappa shape index (κ3) is 9.69. The molecular weight excluding hydrogens is 845 g/mol. The molecule has 0 saturated heterocycles. The number of para-hydroxylation sites is 2. The van der Waals surface area contributed by atoms with E-state index in [1.165, 1.54) is 48.8 Å². The summed E-state index contributed by atoms with van der Waals surface area (Å²) in [5, 5.41) is 31.9. The van der Waals surface area contributed by atoms with E-state index in [1.54, 1.807) is 24.3 Å². The number of imide groups is 1. The number of amides is 6. The highest BCUT2D eigenvalue weighted by Crippen LogP contribution is 2.38. The second-order valence-electron chi connectivity index (χ2n) is 15.2. The molecule has 0 bridgehead atoms. The zero-order valence-electron chi connectivity index (χ0n) is 35.3. The lowest BCUT2D eigenvalue weighted by Gasteiger charge is -2.27. The molecule has 0 unspecified atom stereocenters. The van der Waals surface area contributed by atoms with Gasteiger partial charge in [0.25, 0.3) is 41.1 Å². The van der Waals surface area contributed by atoms with Crippen LogP contribution in [-0.2, 0) is 0 Å². The molecule has 8 rings (SSSR count). The van der Waals surface area contributed by atoms with Crippen molar-refractivity contribution in [3.63, 3.8) is 0 Å². The van der Waals surface area contributed by atoms with Gasteiger partial charge in [0.05, 0.1) is 32.8 Å². The first-order valence-corrected chi connectivity index (χ1v) is 21.0. The number of carbonyl (C=O) groups excluding carboxylic acids is 6. The predicted octanol–water partition coefficient (Wildman–Crippen LogP) is 4.14. The first-order valence-electron chi connectivity index (χ1n) is 21.0. The molecule has 6 N–H and O–H groups in total. The summed E-state index contributed by atoms with van der Waals surface area (Å²) in [4.78, 5) is 102. The van der Waals surface area contributed by atoms with E-state index in [4.69, 9.17) is 0 Å². The highest BCUT2D eigenvalue weighted by atomic mass is 16.6. The SMILES string of the molecule is O=C(NCCNCCNC(=O)c1cnc2ccccc2c1)c1cc(C(=O)NCCNCCNC(=O)c2cnc3ccccc3c2)cc(N2C(=O)c3cccc4ccc([N+](=O)[O-])c(c34)C2=O)c1. The Morgan fingerprint density at radius 3 is 1.48 bits per heavy atom. The minimum Gasteiger partial charge on any atom is -0.351 e. The number of nitrogens with one attached hydrogen (secondary N) is 6. The largest absolute Gasteiger partial charge is 0.351 e. The van der Waals surface area contributed by atoms with Gasteiger partial charge in [-0.2, -0.15) is 0 Å². The van der Waals surface area contributed by atoms with Crippen LogP contribution in [0.15, 0.2) is 122 Å². The van der Waals surface area contributed by atoms with Gasteiger partial charge < -0.3 is 31.9 Å². The van der Waals surface area contributed by atoms with Gasteiger partial charge in [0.15, 0.2) is 0 Å². The van der Waals surface area contributed by atoms with Crippen LogP contribution < -0.4 is 36.8 Å². The normalized spacial score (nSPS) is 12.0. The molecule has 1 aliphatic rings. The molecule has 0 radical (unpaired) electrons. The van der Waals surface area contributed by atoms with E-state index in [-0.39, 0.29) is 58.2 Å². The highest BCUT2D eigenvalue weighted by Gasteiger charge is 2.39. The maximum absolute atomic E-state index is 14.2. The Hall–Kier alpha value is -8.48. The molecule has 3 heterocycles. The highest BCUT2D eigenvalue weighted by molar-refractivity contribution is 6.37. The van der Waals surface area contributed by atoms with Crippen molar-refractivity contribution in [2.45, 2.75) is 0 Å². The van der Waals surface area contributed by atoms with Crippen LogP contribution in [0.1, 0.15) is 62.1 Å². The van der Waals surface area contributed by atoms with E-state index in [1.807, 2.05) is 48.5 Å². The van der Waals surface area contributed by atoms with Gasteiger partial charge in [-0.05, 0) is 60.0 Å². The Labute approximate surface area is 376 Å². The summed E-state index contributed by atoms with van der Waals surface area (Å²) < 4.78 is 0. The summed E-state index contributed by atoms with van der Waals surface area (Å²) in [5.74, 6) is -3.59. The smallest absolute Gasteiger partial charge is 0.282 e. The van der Waals surface area contributed by atoms with Gasteiger partial charge in [-0.3, -0.25) is 48.8 Å². The molecule has 0 saturated carbocycles. The molecular formula is C48H42N10O8. The number of fused-ring (bicyclic) bond motifs is 2. The van der Waals surface area contributed by atoms with Crippen molar-refractivity contribution in [3.05, 3.63) is 165 Å². The maximum Gasteiger partial charge on any atom is 0.282 e. The van der Waals surface area contributed by atoms with Crippen LogP contribution >= 0.6 is 0 Å². The molecule has 66 heavy (non-hydrogen) atoms. The molecule has 1 aliphatic heterocycles. The second-order valence-corrected chi connectivity index (χ2v) is 15.2. The summed E-state index contributed by atoms with van der Waals surface area (Å²) in [5.41, 5.74) is 1.40. The zero-order chi connectivity index (χ0) is 46.2. The van der Waals surface area contributed by atoms with E-state index in [0.29, 0.717) is 55.8 Å². The Morgan fingerprint density at radius 1 is 0.515 bits per heavy atom. The minimum atomic E-state index is -0.985. The van der Waals surface area contributed by atoms with Crippen LogP contribution in [0.5, 0.6) is 0 Å². The summed E-state index contributed by atoms with van der Waals surface area (Å²) in [7, 11) is 0.